The molecule has 0 spiro atoms. The molecule has 0 atom stereocenters. The van der Waals surface area contributed by atoms with Crippen molar-refractivity contribution in [2.45, 2.75) is 39.7 Å². The Balaban J connectivity index is 2.90. The maximum atomic E-state index is 9.34. The van der Waals surface area contributed by atoms with E-state index in [2.05, 4.69) is 6.92 Å². The van der Waals surface area contributed by atoms with Crippen molar-refractivity contribution in [3.63, 3.8) is 0 Å². The highest BCUT2D eigenvalue weighted by Gasteiger charge is 2.05. The normalized spacial score (nSPS) is 10.6. The number of aromatic hydroxyl groups is 1. The fourth-order valence-corrected chi connectivity index (χ4v) is 1.38. The van der Waals surface area contributed by atoms with Crippen molar-refractivity contribution in [3.8, 4) is 11.5 Å². The van der Waals surface area contributed by atoms with Gasteiger partial charge in [-0.1, -0.05) is 19.4 Å². The number of hydrogen-bond donors (Lipinski definition) is 1. The number of phenolic OH excluding ortho intramolecular Hbond substituents is 1. The molecule has 0 saturated carbocycles. The number of phenols is 1. The van der Waals surface area contributed by atoms with Crippen LogP contribution in [0, 0.1) is 0 Å². The second-order valence-corrected chi connectivity index (χ2v) is 3.71. The first-order chi connectivity index (χ1) is 6.63. The predicted octanol–water partition coefficient (Wildman–Crippen LogP) is 3.13. The molecule has 0 aliphatic rings. The van der Waals surface area contributed by atoms with Crippen LogP contribution in [0.5, 0.6) is 11.5 Å². The van der Waals surface area contributed by atoms with E-state index in [0.717, 1.165) is 18.6 Å². The molecule has 1 aromatic carbocycles. The molecule has 0 amide bonds. The highest BCUT2D eigenvalue weighted by Crippen LogP contribution is 2.26. The average Bonchev–Trinajstić information content (AvgIpc) is 2.09. The van der Waals surface area contributed by atoms with Crippen molar-refractivity contribution in [1.82, 2.24) is 0 Å². The molecule has 0 heterocycles. The van der Waals surface area contributed by atoms with Crippen molar-refractivity contribution in [2.24, 2.45) is 0 Å². The third kappa shape index (κ3) is 2.95. The lowest BCUT2D eigenvalue weighted by molar-refractivity contribution is 0.239. The molecule has 0 unspecified atom stereocenters. The van der Waals surface area contributed by atoms with Crippen molar-refractivity contribution in [3.05, 3.63) is 23.8 Å². The first-order valence-electron chi connectivity index (χ1n) is 5.12. The van der Waals surface area contributed by atoms with Crippen LogP contribution in [0.15, 0.2) is 18.2 Å². The summed E-state index contributed by atoms with van der Waals surface area (Å²) in [6, 6.07) is 5.32. The summed E-state index contributed by atoms with van der Waals surface area (Å²) in [6.45, 7) is 6.10. The Labute approximate surface area is 85.5 Å². The summed E-state index contributed by atoms with van der Waals surface area (Å²) in [4.78, 5) is 0. The minimum atomic E-state index is 0.146. The van der Waals surface area contributed by atoms with Gasteiger partial charge in [0.25, 0.3) is 0 Å². The Bertz CT molecular complexity index is 292. The van der Waals surface area contributed by atoms with Gasteiger partial charge >= 0.3 is 0 Å². The number of benzene rings is 1. The van der Waals surface area contributed by atoms with Gasteiger partial charge in [0, 0.05) is 6.07 Å². The van der Waals surface area contributed by atoms with E-state index in [1.807, 2.05) is 19.9 Å². The van der Waals surface area contributed by atoms with Gasteiger partial charge < -0.3 is 9.84 Å². The molecule has 0 radical (unpaired) electrons. The number of aryl methyl sites for hydroxylation is 1. The molecule has 0 aliphatic carbocycles. The van der Waals surface area contributed by atoms with Gasteiger partial charge in [-0.25, -0.2) is 0 Å². The average molecular weight is 194 g/mol. The highest BCUT2D eigenvalue weighted by molar-refractivity contribution is 5.40. The summed E-state index contributed by atoms with van der Waals surface area (Å²) in [5.41, 5.74) is 1.17. The molecule has 0 aromatic heterocycles. The predicted molar refractivity (Wildman–Crippen MR) is 57.9 cm³/mol. The monoisotopic (exact) mass is 194 g/mol. The third-order valence-corrected chi connectivity index (χ3v) is 1.93. The molecule has 0 bridgehead atoms. The molecule has 14 heavy (non-hydrogen) atoms. The van der Waals surface area contributed by atoms with E-state index >= 15 is 0 Å². The standard InChI is InChI=1S/C12H18O2/c1-4-5-10-6-7-11(13)8-12(10)14-9(2)3/h6-9,13H,4-5H2,1-3H3. The first-order valence-corrected chi connectivity index (χ1v) is 5.12. The number of ether oxygens (including phenoxy) is 1. The summed E-state index contributed by atoms with van der Waals surface area (Å²) in [7, 11) is 0. The Morgan fingerprint density at radius 1 is 1.36 bits per heavy atom. The van der Waals surface area contributed by atoms with Gasteiger partial charge in [0.2, 0.25) is 0 Å². The van der Waals surface area contributed by atoms with Crippen LogP contribution in [0.4, 0.5) is 0 Å². The van der Waals surface area contributed by atoms with Crippen LogP contribution in [0.1, 0.15) is 32.8 Å². The fraction of sp³-hybridized carbons (Fsp3) is 0.500. The molecule has 1 aromatic rings. The molecule has 1 rings (SSSR count). The summed E-state index contributed by atoms with van der Waals surface area (Å²) in [5.74, 6) is 1.07. The summed E-state index contributed by atoms with van der Waals surface area (Å²) in [5, 5.41) is 9.34. The lowest BCUT2D eigenvalue weighted by atomic mass is 10.1. The molecule has 2 nitrogen and oxygen atoms in total. The van der Waals surface area contributed by atoms with Crippen LogP contribution >= 0.6 is 0 Å². The van der Waals surface area contributed by atoms with Gasteiger partial charge in [-0.3, -0.25) is 0 Å². The Morgan fingerprint density at radius 2 is 2.07 bits per heavy atom. The second-order valence-electron chi connectivity index (χ2n) is 3.71. The SMILES string of the molecule is CCCc1ccc(O)cc1OC(C)C. The van der Waals surface area contributed by atoms with Gasteiger partial charge in [-0.2, -0.15) is 0 Å². The molecular weight excluding hydrogens is 176 g/mol. The van der Waals surface area contributed by atoms with E-state index in [0.29, 0.717) is 0 Å². The summed E-state index contributed by atoms with van der Waals surface area (Å²) < 4.78 is 5.62. The minimum absolute atomic E-state index is 0.146. The Hall–Kier alpha value is -1.18. The summed E-state index contributed by atoms with van der Waals surface area (Å²) in [6.07, 6.45) is 2.22. The van der Waals surface area contributed by atoms with Crippen LogP contribution in [0.25, 0.3) is 0 Å². The first kappa shape index (κ1) is 10.9. The molecule has 0 fully saturated rings. The summed E-state index contributed by atoms with van der Waals surface area (Å²) >= 11 is 0. The van der Waals surface area contributed by atoms with Gasteiger partial charge in [0.15, 0.2) is 0 Å². The van der Waals surface area contributed by atoms with E-state index in [9.17, 15) is 5.11 Å². The molecule has 0 saturated heterocycles. The lowest BCUT2D eigenvalue weighted by Crippen LogP contribution is -2.07. The quantitative estimate of drug-likeness (QED) is 0.798. The van der Waals surface area contributed by atoms with Crippen molar-refractivity contribution < 1.29 is 9.84 Å². The largest absolute Gasteiger partial charge is 0.508 e. The van der Waals surface area contributed by atoms with Crippen molar-refractivity contribution >= 4 is 0 Å². The third-order valence-electron chi connectivity index (χ3n) is 1.93. The van der Waals surface area contributed by atoms with Crippen LogP contribution in [0.3, 0.4) is 0 Å². The Morgan fingerprint density at radius 3 is 2.64 bits per heavy atom. The maximum absolute atomic E-state index is 9.34. The molecule has 2 heteroatoms. The van der Waals surface area contributed by atoms with Gasteiger partial charge in [0.1, 0.15) is 11.5 Å². The van der Waals surface area contributed by atoms with Gasteiger partial charge in [-0.05, 0) is 31.9 Å². The molecule has 1 N–H and O–H groups in total. The van der Waals surface area contributed by atoms with Crippen LogP contribution in [-0.2, 0) is 6.42 Å². The topological polar surface area (TPSA) is 29.5 Å². The minimum Gasteiger partial charge on any atom is -0.508 e. The Kier molecular flexibility index (Phi) is 3.81. The van der Waals surface area contributed by atoms with E-state index < -0.39 is 0 Å². The van der Waals surface area contributed by atoms with Crippen LogP contribution < -0.4 is 4.74 Å². The van der Waals surface area contributed by atoms with Gasteiger partial charge in [0.05, 0.1) is 6.10 Å². The highest BCUT2D eigenvalue weighted by atomic mass is 16.5. The molecule has 78 valence electrons. The van der Waals surface area contributed by atoms with Crippen LogP contribution in [-0.4, -0.2) is 11.2 Å². The zero-order chi connectivity index (χ0) is 10.6. The molecular formula is C12H18O2. The van der Waals surface area contributed by atoms with E-state index in [1.54, 1.807) is 12.1 Å². The van der Waals surface area contributed by atoms with E-state index in [1.165, 1.54) is 5.56 Å². The van der Waals surface area contributed by atoms with Gasteiger partial charge in [-0.15, -0.1) is 0 Å². The zero-order valence-corrected chi connectivity index (χ0v) is 9.08. The fourth-order valence-electron chi connectivity index (χ4n) is 1.38. The second kappa shape index (κ2) is 4.89. The number of rotatable bonds is 4. The zero-order valence-electron chi connectivity index (χ0n) is 9.08. The van der Waals surface area contributed by atoms with Crippen molar-refractivity contribution in [1.29, 1.82) is 0 Å². The lowest BCUT2D eigenvalue weighted by Gasteiger charge is -2.14. The van der Waals surface area contributed by atoms with Crippen molar-refractivity contribution in [2.75, 3.05) is 0 Å². The maximum Gasteiger partial charge on any atom is 0.126 e. The van der Waals surface area contributed by atoms with E-state index in [-0.39, 0.29) is 11.9 Å². The smallest absolute Gasteiger partial charge is 0.126 e. The number of hydrogen-bond acceptors (Lipinski definition) is 2. The van der Waals surface area contributed by atoms with Crippen LogP contribution in [0.2, 0.25) is 0 Å². The van der Waals surface area contributed by atoms with E-state index in [4.69, 9.17) is 4.74 Å². The molecule has 0 aliphatic heterocycles.